The average molecular weight is 455 g/mol. The van der Waals surface area contributed by atoms with Gasteiger partial charge in [-0.25, -0.2) is 14.2 Å². The van der Waals surface area contributed by atoms with Crippen molar-refractivity contribution in [1.82, 2.24) is 15.2 Å². The van der Waals surface area contributed by atoms with Gasteiger partial charge in [0.2, 0.25) is 5.91 Å². The summed E-state index contributed by atoms with van der Waals surface area (Å²) in [5.74, 6) is -1.02. The van der Waals surface area contributed by atoms with E-state index in [4.69, 9.17) is 10.5 Å². The largest absolute Gasteiger partial charge is 0.410 e. The summed E-state index contributed by atoms with van der Waals surface area (Å²) in [5, 5.41) is 4.43. The van der Waals surface area contributed by atoms with Gasteiger partial charge >= 0.3 is 12.2 Å². The fraction of sp³-hybridized carbons (Fsp3) is 0.350. The van der Waals surface area contributed by atoms with E-state index in [0.29, 0.717) is 11.1 Å². The molecular formula is C20H21F4N5O3. The predicted molar refractivity (Wildman–Crippen MR) is 106 cm³/mol. The van der Waals surface area contributed by atoms with E-state index < -0.39 is 48.6 Å². The van der Waals surface area contributed by atoms with Crippen LogP contribution in [0.25, 0.3) is 0 Å². The normalized spacial score (nSPS) is 18.2. The van der Waals surface area contributed by atoms with E-state index in [9.17, 15) is 27.2 Å². The molecule has 3 rings (SSSR count). The minimum Gasteiger partial charge on any atom is -0.382 e. The summed E-state index contributed by atoms with van der Waals surface area (Å²) in [6.45, 7) is -0.666. The molecule has 8 nitrogen and oxygen atoms in total. The Morgan fingerprint density at radius 3 is 2.59 bits per heavy atom. The quantitative estimate of drug-likeness (QED) is 0.556. The lowest BCUT2D eigenvalue weighted by atomic mass is 10.1. The number of halogens is 4. The molecule has 12 heteroatoms. The molecule has 3 amide bonds. The molecule has 32 heavy (non-hydrogen) atoms. The topological polar surface area (TPSA) is 110 Å². The van der Waals surface area contributed by atoms with Crippen LogP contribution in [-0.4, -0.2) is 54.3 Å². The smallest absolute Gasteiger partial charge is 0.382 e. The van der Waals surface area contributed by atoms with Crippen molar-refractivity contribution in [2.24, 2.45) is 5.73 Å². The summed E-state index contributed by atoms with van der Waals surface area (Å²) in [5.41, 5.74) is 6.69. The van der Waals surface area contributed by atoms with Crippen molar-refractivity contribution in [2.75, 3.05) is 25.6 Å². The predicted octanol–water partition coefficient (Wildman–Crippen LogP) is 2.50. The molecule has 1 aromatic carbocycles. The first-order valence-electron chi connectivity index (χ1n) is 9.50. The standard InChI is InChI=1S/C20H21F4N5O3/c1-32-10-14(29-9-15(20(22,23)24)27-19(29)31)12-6-7-26-16(8-12)28-18(30)17(25)11-2-4-13(21)5-3-11/h2-8,14-15,17H,9-10,25H2,1H3,(H,27,31)(H,26,28,30)/t14-,15+,17+/m1/s1. The molecule has 3 atom stereocenters. The Labute approximate surface area is 180 Å². The number of nitrogens with two attached hydrogens (primary N) is 1. The zero-order valence-electron chi connectivity index (χ0n) is 16.9. The van der Waals surface area contributed by atoms with Crippen LogP contribution in [0, 0.1) is 5.82 Å². The second-order valence-corrected chi connectivity index (χ2v) is 7.16. The second kappa shape index (κ2) is 9.49. The van der Waals surface area contributed by atoms with Crippen LogP contribution in [0.5, 0.6) is 0 Å². The molecule has 1 aromatic heterocycles. The van der Waals surface area contributed by atoms with Crippen molar-refractivity contribution in [2.45, 2.75) is 24.3 Å². The lowest BCUT2D eigenvalue weighted by Crippen LogP contribution is -2.40. The number of alkyl halides is 3. The number of hydrogen-bond acceptors (Lipinski definition) is 5. The number of ether oxygens (including phenoxy) is 1. The highest BCUT2D eigenvalue weighted by molar-refractivity contribution is 5.94. The molecule has 172 valence electrons. The third-order valence-corrected chi connectivity index (χ3v) is 4.97. The fourth-order valence-corrected chi connectivity index (χ4v) is 3.28. The van der Waals surface area contributed by atoms with Gasteiger partial charge in [0.15, 0.2) is 0 Å². The molecule has 1 aliphatic rings. The van der Waals surface area contributed by atoms with Gasteiger partial charge in [0.1, 0.15) is 23.7 Å². The third-order valence-electron chi connectivity index (χ3n) is 4.97. The first-order chi connectivity index (χ1) is 15.1. The number of carbonyl (C=O) groups is 2. The minimum atomic E-state index is -4.59. The Bertz CT molecular complexity index is 970. The van der Waals surface area contributed by atoms with E-state index in [1.54, 1.807) is 0 Å². The Hall–Kier alpha value is -3.25. The Kier molecular flexibility index (Phi) is 6.94. The van der Waals surface area contributed by atoms with E-state index in [-0.39, 0.29) is 12.4 Å². The first kappa shape index (κ1) is 23.4. The van der Waals surface area contributed by atoms with Crippen molar-refractivity contribution in [1.29, 1.82) is 0 Å². The van der Waals surface area contributed by atoms with Crippen LogP contribution in [0.4, 0.5) is 28.2 Å². The van der Waals surface area contributed by atoms with E-state index in [1.165, 1.54) is 49.7 Å². The lowest BCUT2D eigenvalue weighted by Gasteiger charge is -2.27. The number of methoxy groups -OCH3 is 1. The number of urea groups is 1. The van der Waals surface area contributed by atoms with Gasteiger partial charge in [0.25, 0.3) is 0 Å². The van der Waals surface area contributed by atoms with Gasteiger partial charge in [0.05, 0.1) is 19.2 Å². The van der Waals surface area contributed by atoms with Gasteiger partial charge in [-0.15, -0.1) is 0 Å². The number of pyridine rings is 1. The fourth-order valence-electron chi connectivity index (χ4n) is 3.28. The Balaban J connectivity index is 1.77. The van der Waals surface area contributed by atoms with Gasteiger partial charge < -0.3 is 26.0 Å². The van der Waals surface area contributed by atoms with Crippen molar-refractivity contribution in [3.63, 3.8) is 0 Å². The summed E-state index contributed by atoms with van der Waals surface area (Å²) in [6.07, 6.45) is -3.25. The monoisotopic (exact) mass is 455 g/mol. The summed E-state index contributed by atoms with van der Waals surface area (Å²) in [6, 6.07) is 3.20. The number of hydrogen-bond donors (Lipinski definition) is 3. The van der Waals surface area contributed by atoms with Crippen LogP contribution in [0.1, 0.15) is 23.2 Å². The van der Waals surface area contributed by atoms with Gasteiger partial charge in [0, 0.05) is 13.3 Å². The lowest BCUT2D eigenvalue weighted by molar-refractivity contribution is -0.150. The van der Waals surface area contributed by atoms with Crippen LogP contribution >= 0.6 is 0 Å². The summed E-state index contributed by atoms with van der Waals surface area (Å²) >= 11 is 0. The molecule has 1 saturated heterocycles. The zero-order valence-corrected chi connectivity index (χ0v) is 16.9. The molecule has 4 N–H and O–H groups in total. The summed E-state index contributed by atoms with van der Waals surface area (Å²) in [7, 11) is 1.35. The molecule has 0 bridgehead atoms. The molecule has 1 fully saturated rings. The van der Waals surface area contributed by atoms with E-state index in [1.807, 2.05) is 5.32 Å². The minimum absolute atomic E-state index is 0.0789. The molecule has 0 spiro atoms. The van der Waals surface area contributed by atoms with Crippen molar-refractivity contribution in [3.05, 3.63) is 59.5 Å². The van der Waals surface area contributed by atoms with Crippen molar-refractivity contribution < 1.29 is 31.9 Å². The summed E-state index contributed by atoms with van der Waals surface area (Å²) in [4.78, 5) is 29.7. The molecule has 2 aromatic rings. The number of carbonyl (C=O) groups excluding carboxylic acids is 2. The maximum atomic E-state index is 13.1. The number of nitrogens with one attached hydrogen (secondary N) is 2. The molecule has 0 saturated carbocycles. The van der Waals surface area contributed by atoms with Gasteiger partial charge in [-0.3, -0.25) is 4.79 Å². The molecule has 1 aliphatic heterocycles. The second-order valence-electron chi connectivity index (χ2n) is 7.16. The van der Waals surface area contributed by atoms with Crippen LogP contribution in [0.2, 0.25) is 0 Å². The summed E-state index contributed by atoms with van der Waals surface area (Å²) < 4.78 is 57.3. The highest BCUT2D eigenvalue weighted by Gasteiger charge is 2.48. The third kappa shape index (κ3) is 5.32. The van der Waals surface area contributed by atoms with Gasteiger partial charge in [-0.2, -0.15) is 13.2 Å². The van der Waals surface area contributed by atoms with Gasteiger partial charge in [-0.1, -0.05) is 12.1 Å². The first-order valence-corrected chi connectivity index (χ1v) is 9.50. The molecule has 2 heterocycles. The molecule has 0 radical (unpaired) electrons. The number of anilines is 1. The van der Waals surface area contributed by atoms with Crippen molar-refractivity contribution >= 4 is 17.8 Å². The Morgan fingerprint density at radius 2 is 2.00 bits per heavy atom. The highest BCUT2D eigenvalue weighted by Crippen LogP contribution is 2.30. The average Bonchev–Trinajstić information content (AvgIpc) is 3.14. The number of benzene rings is 1. The number of amides is 3. The maximum Gasteiger partial charge on any atom is 0.410 e. The molecule has 0 unspecified atom stereocenters. The molecule has 0 aliphatic carbocycles. The number of nitrogens with zero attached hydrogens (tertiary/aromatic N) is 2. The van der Waals surface area contributed by atoms with Crippen LogP contribution in [0.3, 0.4) is 0 Å². The van der Waals surface area contributed by atoms with E-state index in [0.717, 1.165) is 4.90 Å². The van der Waals surface area contributed by atoms with Crippen LogP contribution in [0.15, 0.2) is 42.6 Å². The van der Waals surface area contributed by atoms with Gasteiger partial charge in [-0.05, 0) is 35.4 Å². The van der Waals surface area contributed by atoms with Crippen LogP contribution < -0.4 is 16.4 Å². The van der Waals surface area contributed by atoms with Crippen molar-refractivity contribution in [3.8, 4) is 0 Å². The maximum absolute atomic E-state index is 13.1. The van der Waals surface area contributed by atoms with Crippen LogP contribution in [-0.2, 0) is 9.53 Å². The highest BCUT2D eigenvalue weighted by atomic mass is 19.4. The zero-order chi connectivity index (χ0) is 23.5. The molecular weight excluding hydrogens is 434 g/mol. The van der Waals surface area contributed by atoms with E-state index in [2.05, 4.69) is 10.3 Å². The number of rotatable bonds is 7. The SMILES string of the molecule is COC[C@H](c1ccnc(NC(=O)[C@@H](N)c2ccc(F)cc2)c1)N1C[C@@H](C(F)(F)F)NC1=O. The number of aromatic nitrogens is 1. The van der Waals surface area contributed by atoms with E-state index >= 15 is 0 Å². The Morgan fingerprint density at radius 1 is 1.31 bits per heavy atom.